The second-order valence-corrected chi connectivity index (χ2v) is 19.8. The van der Waals surface area contributed by atoms with E-state index in [-0.39, 0.29) is 52.1 Å². The number of aryl methyl sites for hydroxylation is 5. The largest absolute Gasteiger partial charge is 0.513 e. The second kappa shape index (κ2) is 27.2. The number of unbranched alkanes of at least 4 members (excludes halogenated alkanes) is 6. The van der Waals surface area contributed by atoms with Gasteiger partial charge in [-0.25, -0.2) is 29.7 Å². The fourth-order valence-electron chi connectivity index (χ4n) is 9.34. The van der Waals surface area contributed by atoms with Crippen LogP contribution in [-0.4, -0.2) is 100 Å². The minimum atomic E-state index is -0.837. The van der Waals surface area contributed by atoms with Crippen LogP contribution >= 0.6 is 0 Å². The van der Waals surface area contributed by atoms with Crippen LogP contribution in [0.4, 0.5) is 34.4 Å². The van der Waals surface area contributed by atoms with Crippen LogP contribution in [0.3, 0.4) is 0 Å². The summed E-state index contributed by atoms with van der Waals surface area (Å²) in [7, 11) is 1.60. The van der Waals surface area contributed by atoms with Gasteiger partial charge in [0.25, 0.3) is 16.7 Å². The third-order valence-corrected chi connectivity index (χ3v) is 13.5. The van der Waals surface area contributed by atoms with Gasteiger partial charge in [0.1, 0.15) is 16.7 Å². The number of carbonyl (C=O) groups is 2. The molecule has 81 heavy (non-hydrogen) atoms. The number of aliphatic carboxylic acids is 2. The summed E-state index contributed by atoms with van der Waals surface area (Å²) in [6.45, 7) is 21.4. The van der Waals surface area contributed by atoms with Crippen molar-refractivity contribution in [2.45, 2.75) is 111 Å². The maximum atomic E-state index is 12.3. The first-order valence-corrected chi connectivity index (χ1v) is 26.7. The van der Waals surface area contributed by atoms with E-state index in [1.54, 1.807) is 7.11 Å². The third kappa shape index (κ3) is 15.2. The highest BCUT2D eigenvalue weighted by atomic mass is 16.5. The van der Waals surface area contributed by atoms with Gasteiger partial charge < -0.3 is 49.1 Å². The Labute approximate surface area is 464 Å². The van der Waals surface area contributed by atoms with Crippen LogP contribution in [-0.2, 0) is 20.9 Å². The molecule has 0 aliphatic carbocycles. The number of rotatable bonds is 22. The summed E-state index contributed by atoms with van der Waals surface area (Å²) < 4.78 is 12.9. The van der Waals surface area contributed by atoms with Crippen molar-refractivity contribution in [2.24, 2.45) is 9.98 Å². The van der Waals surface area contributed by atoms with E-state index in [1.165, 1.54) is 0 Å². The lowest BCUT2D eigenvalue weighted by molar-refractivity contribution is -0.138. The maximum Gasteiger partial charge on any atom is 0.349 e. The van der Waals surface area contributed by atoms with Gasteiger partial charge in [0.15, 0.2) is 33.9 Å². The summed E-state index contributed by atoms with van der Waals surface area (Å²) >= 11 is 0. The average molecular weight is 1110 g/mol. The number of aromatic nitrogens is 8. The number of aliphatic hydroxyl groups is 1. The molecule has 6 N–H and O–H groups in total. The number of fused-ring (bicyclic) bond motifs is 6. The molecule has 4 aliphatic heterocycles. The number of methoxy groups -OCH3 is 1. The average Bonchev–Trinajstić information content (AvgIpc) is 3.40. The molecule has 0 radical (unpaired) electrons. The highest BCUT2D eigenvalue weighted by Crippen LogP contribution is 2.37. The first-order chi connectivity index (χ1) is 38.7. The van der Waals surface area contributed by atoms with Crippen molar-refractivity contribution in [1.82, 2.24) is 39.5 Å². The summed E-state index contributed by atoms with van der Waals surface area (Å²) in [5.74, 6) is 0.570. The molecule has 426 valence electrons. The third-order valence-electron chi connectivity index (χ3n) is 13.5. The quantitative estimate of drug-likeness (QED) is 0.0260. The molecule has 0 amide bonds. The highest BCUT2D eigenvalue weighted by molar-refractivity contribution is 5.82. The lowest BCUT2D eigenvalue weighted by Crippen LogP contribution is -2.43. The molecular formula is C58H68N12O11. The minimum Gasteiger partial charge on any atom is -0.513 e. The van der Waals surface area contributed by atoms with Crippen molar-refractivity contribution in [3.05, 3.63) is 140 Å². The molecular weight excluding hydrogens is 1040 g/mol. The fourth-order valence-corrected chi connectivity index (χ4v) is 9.34. The van der Waals surface area contributed by atoms with Crippen molar-refractivity contribution in [2.75, 3.05) is 43.2 Å². The predicted octanol–water partition coefficient (Wildman–Crippen LogP) is 5.93. The number of allylic oxidation sites excluding steroid dienone is 1. The Bertz CT molecular complexity index is 3950. The standard InChI is InChI=1S/C20H24N4O4.C19H22N4O4.C19H22N4O3/c1-12-10-14-15(11-16(12)28-3)24(9-7-5-4-6-8-13(2)25)18-17(21-14)19(26)23-20(27)22-18;1-11-9-14-15(10-12(11)2)23(6-8-27-7-4-5-16(24)25)18-17(22-14)19(26)21-13(3)20-18;1-12-8-9-14-15(11-12)23(10-6-4-3-5-7-16(24)25)18-17(22-14)19(26)21-13(2)20-18/h10-11,25H,2,4-9H2,1,3H3,(H,23,26,27);9-10H,3-8H2,1-2H3,(H,21,26)(H,24,25);8-9,11H,2-7,10H2,1H3,(H,21,26)(H,24,25). The Morgan fingerprint density at radius 2 is 1.17 bits per heavy atom. The van der Waals surface area contributed by atoms with E-state index in [0.717, 1.165) is 89.8 Å². The van der Waals surface area contributed by atoms with Crippen molar-refractivity contribution in [3.8, 4) is 17.3 Å². The first-order valence-electron chi connectivity index (χ1n) is 26.7. The number of nitrogens with one attached hydrogen (secondary N) is 3. The molecule has 4 aliphatic rings. The molecule has 3 aromatic carbocycles. The van der Waals surface area contributed by atoms with E-state index in [2.05, 4.69) is 64.6 Å². The number of hydrogen-bond acceptors (Lipinski definition) is 17. The van der Waals surface area contributed by atoms with E-state index >= 15 is 0 Å². The van der Waals surface area contributed by atoms with Gasteiger partial charge >= 0.3 is 17.6 Å². The number of benzene rings is 3. The van der Waals surface area contributed by atoms with Crippen LogP contribution in [0.15, 0.2) is 84.0 Å². The number of nitrogens with zero attached hydrogens (tertiary/aromatic N) is 9. The summed E-state index contributed by atoms with van der Waals surface area (Å²) in [4.78, 5) is 107. The monoisotopic (exact) mass is 1110 g/mol. The number of H-pyrrole nitrogens is 3. The number of carboxylic acids is 2. The number of aromatic amines is 3. The summed E-state index contributed by atoms with van der Waals surface area (Å²) in [6.07, 6.45) is 8.24. The number of aliphatic hydroxyl groups excluding tert-OH is 1. The van der Waals surface area contributed by atoms with Crippen LogP contribution in [0.1, 0.15) is 99.3 Å². The van der Waals surface area contributed by atoms with Gasteiger partial charge in [-0.15, -0.1) is 0 Å². The van der Waals surface area contributed by atoms with E-state index < -0.39 is 23.2 Å². The number of hydrogen-bond donors (Lipinski definition) is 6. The molecule has 5 aromatic rings. The zero-order valence-electron chi connectivity index (χ0n) is 46.3. The Balaban J connectivity index is 0.000000175. The van der Waals surface area contributed by atoms with Crippen molar-refractivity contribution < 1.29 is 34.4 Å². The van der Waals surface area contributed by atoms with Crippen molar-refractivity contribution in [3.63, 3.8) is 0 Å². The van der Waals surface area contributed by atoms with Crippen molar-refractivity contribution >= 4 is 70.5 Å². The molecule has 0 saturated carbocycles. The zero-order chi connectivity index (χ0) is 58.5. The van der Waals surface area contributed by atoms with E-state index in [9.17, 15) is 28.8 Å². The predicted molar refractivity (Wildman–Crippen MR) is 308 cm³/mol. The maximum absolute atomic E-state index is 12.3. The molecule has 23 heteroatoms. The molecule has 0 fully saturated rings. The van der Waals surface area contributed by atoms with E-state index in [1.807, 2.05) is 84.5 Å². The zero-order valence-corrected chi connectivity index (χ0v) is 46.3. The molecule has 9 rings (SSSR count). The highest BCUT2D eigenvalue weighted by Gasteiger charge is 2.25. The Morgan fingerprint density at radius 1 is 0.593 bits per heavy atom. The minimum absolute atomic E-state index is 0.0779. The first kappa shape index (κ1) is 59.5. The van der Waals surface area contributed by atoms with Gasteiger partial charge in [-0.05, 0) is 112 Å². The molecule has 0 bridgehead atoms. The van der Waals surface area contributed by atoms with Gasteiger partial charge in [0.05, 0.1) is 53.3 Å². The summed E-state index contributed by atoms with van der Waals surface area (Å²) in [5, 5.41) is 27.1. The summed E-state index contributed by atoms with van der Waals surface area (Å²) in [6, 6.07) is 13.6. The molecule has 0 atom stereocenters. The SMILES string of the molecule is C=C(O)CCCCCCn1c2nc(=O)[nH]c(=O)c-2nc2cc(C)c(OC)cc21.C=c1nc2c(c(=O)[nH]1)=Nc1cc(C)c(C)cc1N2CCOCCCC(=O)O.C=c1nc2c(c(=O)[nH]1)=Nc1ccc(C)cc1N2CCCCCCC(=O)O. The van der Waals surface area contributed by atoms with Crippen LogP contribution in [0.5, 0.6) is 5.75 Å². The fraction of sp³-hybridized carbons (Fsp3) is 0.379. The van der Waals surface area contributed by atoms with Crippen LogP contribution in [0.2, 0.25) is 0 Å². The molecule has 0 spiro atoms. The smallest absolute Gasteiger partial charge is 0.349 e. The van der Waals surface area contributed by atoms with E-state index in [0.29, 0.717) is 91.5 Å². The molecule has 0 unspecified atom stereocenters. The Kier molecular flexibility index (Phi) is 20.0. The Hall–Kier alpha value is -9.12. The van der Waals surface area contributed by atoms with Gasteiger partial charge in [0.2, 0.25) is 0 Å². The molecule has 6 heterocycles. The van der Waals surface area contributed by atoms with Gasteiger partial charge in [0, 0.05) is 51.6 Å². The lowest BCUT2D eigenvalue weighted by Gasteiger charge is -2.28. The number of ether oxygens (including phenoxy) is 2. The Morgan fingerprint density at radius 3 is 1.81 bits per heavy atom. The van der Waals surface area contributed by atoms with E-state index in [4.69, 9.17) is 24.8 Å². The normalized spacial score (nSPS) is 11.9. The van der Waals surface area contributed by atoms with Gasteiger partial charge in [-0.1, -0.05) is 51.5 Å². The number of carboxylic acid groups (broad SMARTS) is 2. The van der Waals surface area contributed by atoms with Crippen molar-refractivity contribution in [1.29, 1.82) is 0 Å². The molecule has 23 nitrogen and oxygen atoms in total. The molecule has 2 aromatic heterocycles. The summed E-state index contributed by atoms with van der Waals surface area (Å²) in [5.41, 5.74) is 7.74. The van der Waals surface area contributed by atoms with Crippen LogP contribution in [0.25, 0.3) is 35.7 Å². The topological polar surface area (TPSA) is 317 Å². The lowest BCUT2D eigenvalue weighted by atomic mass is 10.1. The second-order valence-electron chi connectivity index (χ2n) is 19.8. The van der Waals surface area contributed by atoms with Crippen LogP contribution < -0.4 is 58.6 Å². The van der Waals surface area contributed by atoms with Gasteiger partial charge in [-0.3, -0.25) is 29.0 Å². The van der Waals surface area contributed by atoms with Crippen LogP contribution in [0, 0.1) is 27.7 Å². The number of anilines is 4. The molecule has 0 saturated heterocycles. The van der Waals surface area contributed by atoms with Gasteiger partial charge in [-0.2, -0.15) is 4.98 Å².